The molecule has 2 amide bonds. The molecule has 0 radical (unpaired) electrons. The largest absolute Gasteiger partial charge is 0.493 e. The van der Waals surface area contributed by atoms with Crippen molar-refractivity contribution in [3.8, 4) is 11.5 Å². The van der Waals surface area contributed by atoms with Crippen molar-refractivity contribution in [2.75, 3.05) is 7.11 Å². The highest BCUT2D eigenvalue weighted by Crippen LogP contribution is 2.38. The summed E-state index contributed by atoms with van der Waals surface area (Å²) in [5.41, 5.74) is 3.52. The van der Waals surface area contributed by atoms with Gasteiger partial charge in [0, 0.05) is 0 Å². The average Bonchev–Trinajstić information content (AvgIpc) is 3.06. The number of amides is 2. The van der Waals surface area contributed by atoms with E-state index >= 15 is 0 Å². The first-order valence-corrected chi connectivity index (χ1v) is 12.3. The minimum atomic E-state index is -0.317. The Morgan fingerprint density at radius 1 is 1.06 bits per heavy atom. The minimum Gasteiger partial charge on any atom is -0.493 e. The van der Waals surface area contributed by atoms with Crippen LogP contribution in [0.2, 0.25) is 0 Å². The number of nitrogens with zero attached hydrogens (tertiary/aromatic N) is 1. The van der Waals surface area contributed by atoms with Crippen LogP contribution in [0.5, 0.6) is 11.5 Å². The van der Waals surface area contributed by atoms with Crippen molar-refractivity contribution >= 4 is 51.6 Å². The van der Waals surface area contributed by atoms with Crippen LogP contribution in [0.3, 0.4) is 0 Å². The highest BCUT2D eigenvalue weighted by Gasteiger charge is 2.35. The topological polar surface area (TPSA) is 55.8 Å². The lowest BCUT2D eigenvalue weighted by molar-refractivity contribution is -0.123. The summed E-state index contributed by atoms with van der Waals surface area (Å²) in [5.74, 6) is 0.432. The van der Waals surface area contributed by atoms with Gasteiger partial charge in [0.2, 0.25) is 0 Å². The van der Waals surface area contributed by atoms with Crippen molar-refractivity contribution in [3.63, 3.8) is 0 Å². The highest BCUT2D eigenvalue weighted by molar-refractivity contribution is 14.1. The van der Waals surface area contributed by atoms with Crippen molar-refractivity contribution in [2.24, 2.45) is 0 Å². The molecule has 1 heterocycles. The molecule has 174 valence electrons. The van der Waals surface area contributed by atoms with Gasteiger partial charge in [-0.2, -0.15) is 0 Å². The number of hydrogen-bond acceptors (Lipinski definition) is 5. The minimum absolute atomic E-state index is 0.237. The number of methoxy groups -OCH3 is 1. The van der Waals surface area contributed by atoms with Gasteiger partial charge in [0.25, 0.3) is 11.1 Å². The van der Waals surface area contributed by atoms with E-state index in [1.54, 1.807) is 24.3 Å². The van der Waals surface area contributed by atoms with Gasteiger partial charge < -0.3 is 9.47 Å². The predicted molar refractivity (Wildman–Crippen MR) is 139 cm³/mol. The Labute approximate surface area is 215 Å². The molecule has 5 nitrogen and oxygen atoms in total. The lowest BCUT2D eigenvalue weighted by Crippen LogP contribution is -2.27. The maximum Gasteiger partial charge on any atom is 0.293 e. The van der Waals surface area contributed by atoms with Gasteiger partial charge in [-0.1, -0.05) is 42.0 Å². The third-order valence-corrected chi connectivity index (χ3v) is 6.85. The summed E-state index contributed by atoms with van der Waals surface area (Å²) in [6, 6.07) is 17.5. The number of hydrogen-bond donors (Lipinski definition) is 0. The van der Waals surface area contributed by atoms with E-state index < -0.39 is 0 Å². The Hall–Kier alpha value is -2.85. The van der Waals surface area contributed by atoms with Crippen LogP contribution >= 0.6 is 34.4 Å². The summed E-state index contributed by atoms with van der Waals surface area (Å²) in [6.07, 6.45) is 1.69. The molecule has 0 saturated carbocycles. The summed E-state index contributed by atoms with van der Waals surface area (Å²) >= 11 is 3.06. The fourth-order valence-corrected chi connectivity index (χ4v) is 5.10. The number of rotatable bonds is 7. The van der Waals surface area contributed by atoms with Crippen LogP contribution < -0.4 is 9.47 Å². The molecule has 0 N–H and O–H groups in total. The lowest BCUT2D eigenvalue weighted by atomic mass is 10.1. The van der Waals surface area contributed by atoms with E-state index in [1.807, 2.05) is 37.3 Å². The van der Waals surface area contributed by atoms with Crippen molar-refractivity contribution in [3.05, 3.63) is 97.2 Å². The average molecular weight is 589 g/mol. The third kappa shape index (κ3) is 5.61. The fourth-order valence-electron chi connectivity index (χ4n) is 3.48. The molecule has 0 aliphatic carbocycles. The Balaban J connectivity index is 1.53. The van der Waals surface area contributed by atoms with Crippen LogP contribution in [0.1, 0.15) is 22.3 Å². The normalized spacial score (nSPS) is 14.7. The predicted octanol–water partition coefficient (Wildman–Crippen LogP) is 6.56. The molecule has 34 heavy (non-hydrogen) atoms. The summed E-state index contributed by atoms with van der Waals surface area (Å²) < 4.78 is 25.4. The van der Waals surface area contributed by atoms with E-state index in [2.05, 4.69) is 22.6 Å². The molecule has 4 rings (SSSR count). The third-order valence-electron chi connectivity index (χ3n) is 5.14. The summed E-state index contributed by atoms with van der Waals surface area (Å²) in [6.45, 7) is 2.46. The Kier molecular flexibility index (Phi) is 7.57. The van der Waals surface area contributed by atoms with E-state index in [4.69, 9.17) is 9.47 Å². The summed E-state index contributed by atoms with van der Waals surface area (Å²) in [7, 11) is 1.54. The number of ether oxygens (including phenoxy) is 2. The number of thioether (sulfide) groups is 1. The van der Waals surface area contributed by atoms with E-state index in [0.29, 0.717) is 16.4 Å². The molecule has 3 aromatic carbocycles. The second kappa shape index (κ2) is 10.6. The SMILES string of the molecule is COc1cc(/C=C2\SC(=O)N(Cc3cccc(C)c3)C2=O)cc(I)c1OCc1ccc(F)cc1. The van der Waals surface area contributed by atoms with Crippen molar-refractivity contribution in [2.45, 2.75) is 20.1 Å². The monoisotopic (exact) mass is 589 g/mol. The molecule has 0 bridgehead atoms. The first-order chi connectivity index (χ1) is 16.3. The Bertz CT molecular complexity index is 1280. The molecule has 1 saturated heterocycles. The molecule has 0 spiro atoms. The number of aryl methyl sites for hydroxylation is 1. The maximum atomic E-state index is 13.1. The highest BCUT2D eigenvalue weighted by atomic mass is 127. The number of carbonyl (C=O) groups is 2. The smallest absolute Gasteiger partial charge is 0.293 e. The van der Waals surface area contributed by atoms with Crippen LogP contribution in [0.15, 0.2) is 65.6 Å². The molecule has 1 aliphatic rings. The molecule has 0 atom stereocenters. The fraction of sp³-hybridized carbons (Fsp3) is 0.154. The summed E-state index contributed by atoms with van der Waals surface area (Å²) in [5, 5.41) is -0.293. The van der Waals surface area contributed by atoms with E-state index in [0.717, 1.165) is 37.6 Å². The van der Waals surface area contributed by atoms with Gasteiger partial charge in [-0.15, -0.1) is 0 Å². The first-order valence-electron chi connectivity index (χ1n) is 10.4. The molecule has 8 heteroatoms. The molecule has 0 aromatic heterocycles. The number of imide groups is 1. The summed E-state index contributed by atoms with van der Waals surface area (Å²) in [4.78, 5) is 27.1. The van der Waals surface area contributed by atoms with E-state index in [1.165, 1.54) is 24.1 Å². The van der Waals surface area contributed by atoms with Gasteiger partial charge in [-0.05, 0) is 88.3 Å². The quantitative estimate of drug-likeness (QED) is 0.231. The second-order valence-corrected chi connectivity index (χ2v) is 9.86. The molecular weight excluding hydrogens is 568 g/mol. The maximum absolute atomic E-state index is 13.1. The van der Waals surface area contributed by atoms with Crippen LogP contribution in [0.25, 0.3) is 6.08 Å². The molecule has 1 aliphatic heterocycles. The molecule has 3 aromatic rings. The lowest BCUT2D eigenvalue weighted by Gasteiger charge is -2.14. The van der Waals surface area contributed by atoms with Crippen molar-refractivity contribution < 1.29 is 23.5 Å². The Morgan fingerprint density at radius 3 is 2.53 bits per heavy atom. The van der Waals surface area contributed by atoms with Gasteiger partial charge in [0.05, 0.1) is 22.1 Å². The number of benzene rings is 3. The van der Waals surface area contributed by atoms with Gasteiger partial charge >= 0.3 is 0 Å². The molecular formula is C26H21FINO4S. The standard InChI is InChI=1S/C26H21FINO4S/c1-16-4-3-5-18(10-16)14-29-25(30)23(34-26(29)31)13-19-11-21(28)24(22(12-19)32-2)33-15-17-6-8-20(27)9-7-17/h3-13H,14-15H2,1-2H3/b23-13-. The number of halogens is 2. The second-order valence-electron chi connectivity index (χ2n) is 7.71. The van der Waals surface area contributed by atoms with Gasteiger partial charge in [-0.25, -0.2) is 4.39 Å². The zero-order chi connectivity index (χ0) is 24.2. The van der Waals surface area contributed by atoms with Gasteiger partial charge in [-0.3, -0.25) is 14.5 Å². The van der Waals surface area contributed by atoms with E-state index in [9.17, 15) is 14.0 Å². The van der Waals surface area contributed by atoms with Gasteiger partial charge in [0.1, 0.15) is 12.4 Å². The van der Waals surface area contributed by atoms with Crippen molar-refractivity contribution in [1.29, 1.82) is 0 Å². The first kappa shape index (κ1) is 24.3. The van der Waals surface area contributed by atoms with Crippen LogP contribution in [0, 0.1) is 16.3 Å². The zero-order valence-corrected chi connectivity index (χ0v) is 21.5. The zero-order valence-electron chi connectivity index (χ0n) is 18.5. The van der Waals surface area contributed by atoms with Crippen LogP contribution in [-0.4, -0.2) is 23.2 Å². The molecule has 0 unspecified atom stereocenters. The van der Waals surface area contributed by atoms with Crippen LogP contribution in [0.4, 0.5) is 9.18 Å². The Morgan fingerprint density at radius 2 is 1.82 bits per heavy atom. The number of carbonyl (C=O) groups excluding carboxylic acids is 2. The van der Waals surface area contributed by atoms with Gasteiger partial charge in [0.15, 0.2) is 11.5 Å². The van der Waals surface area contributed by atoms with Crippen LogP contribution in [-0.2, 0) is 17.9 Å². The van der Waals surface area contributed by atoms with E-state index in [-0.39, 0.29) is 30.1 Å². The molecule has 1 fully saturated rings. The van der Waals surface area contributed by atoms with Crippen molar-refractivity contribution in [1.82, 2.24) is 4.90 Å².